The average Bonchev–Trinajstić information content (AvgIpc) is 3.02. The predicted molar refractivity (Wildman–Crippen MR) is 131 cm³/mol. The van der Waals surface area contributed by atoms with Crippen LogP contribution in [0.4, 0.5) is 0 Å². The molecule has 0 aliphatic rings. The normalized spacial score (nSPS) is 10.4. The molecule has 4 heteroatoms. The predicted octanol–water partition coefficient (Wildman–Crippen LogP) is 7.26. The Kier molecular flexibility index (Phi) is 5.98. The molecule has 0 fully saturated rings. The van der Waals surface area contributed by atoms with E-state index in [1.165, 1.54) is 0 Å². The third-order valence-electron chi connectivity index (χ3n) is 5.12. The van der Waals surface area contributed by atoms with Gasteiger partial charge in [-0.2, -0.15) is 0 Å². The second-order valence-corrected chi connectivity index (χ2v) is 7.38. The van der Waals surface area contributed by atoms with Crippen LogP contribution in [0.25, 0.3) is 45.4 Å². The molecule has 0 saturated heterocycles. The number of hydrogen-bond acceptors (Lipinski definition) is 4. The highest BCUT2D eigenvalue weighted by atomic mass is 16.3. The highest BCUT2D eigenvalue weighted by Gasteiger charge is 2.10. The van der Waals surface area contributed by atoms with E-state index in [1.54, 1.807) is 12.5 Å². The van der Waals surface area contributed by atoms with E-state index in [9.17, 15) is 0 Å². The summed E-state index contributed by atoms with van der Waals surface area (Å²) in [6.07, 6.45) is 3.38. The van der Waals surface area contributed by atoms with Gasteiger partial charge in [0.15, 0.2) is 5.82 Å². The van der Waals surface area contributed by atoms with Crippen LogP contribution in [-0.2, 0) is 0 Å². The van der Waals surface area contributed by atoms with Crippen molar-refractivity contribution >= 4 is 0 Å². The van der Waals surface area contributed by atoms with Crippen molar-refractivity contribution in [1.82, 2.24) is 15.0 Å². The van der Waals surface area contributed by atoms with Crippen LogP contribution in [0.1, 0.15) is 0 Å². The second kappa shape index (κ2) is 9.71. The summed E-state index contributed by atoms with van der Waals surface area (Å²) in [6.45, 7) is 0. The molecular weight excluding hydrogens is 406 g/mol. The Morgan fingerprint density at radius 3 is 1.64 bits per heavy atom. The minimum absolute atomic E-state index is 0.537. The molecule has 2 heterocycles. The van der Waals surface area contributed by atoms with E-state index in [1.807, 2.05) is 103 Å². The topological polar surface area (TPSA) is 51.8 Å². The van der Waals surface area contributed by atoms with Gasteiger partial charge in [-0.3, -0.25) is 0 Å². The molecule has 0 radical (unpaired) electrons. The minimum atomic E-state index is 0.537. The van der Waals surface area contributed by atoms with E-state index in [-0.39, 0.29) is 0 Å². The largest absolute Gasteiger partial charge is 0.446 e. The first-order valence-electron chi connectivity index (χ1n) is 10.7. The average molecular weight is 428 g/mol. The smallest absolute Gasteiger partial charge is 0.225 e. The van der Waals surface area contributed by atoms with Crippen molar-refractivity contribution in [3.63, 3.8) is 0 Å². The summed E-state index contributed by atoms with van der Waals surface area (Å²) in [4.78, 5) is 14.3. The van der Waals surface area contributed by atoms with Crippen LogP contribution < -0.4 is 0 Å². The minimum Gasteiger partial charge on any atom is -0.446 e. The van der Waals surface area contributed by atoms with Crippen LogP contribution in [0.15, 0.2) is 132 Å². The molecule has 0 bridgehead atoms. The van der Waals surface area contributed by atoms with Crippen LogP contribution in [0, 0.1) is 0 Å². The summed E-state index contributed by atoms with van der Waals surface area (Å²) >= 11 is 0. The lowest BCUT2D eigenvalue weighted by Crippen LogP contribution is -1.95. The molecule has 2 aromatic heterocycles. The summed E-state index contributed by atoms with van der Waals surface area (Å²) in [5.74, 6) is 1.21. The Labute approximate surface area is 192 Å². The first kappa shape index (κ1) is 20.3. The zero-order valence-electron chi connectivity index (χ0n) is 17.9. The Balaban J connectivity index is 1.64. The molecule has 0 unspecified atom stereocenters. The van der Waals surface area contributed by atoms with Gasteiger partial charge >= 0.3 is 0 Å². The van der Waals surface area contributed by atoms with Gasteiger partial charge < -0.3 is 4.42 Å². The second-order valence-electron chi connectivity index (χ2n) is 7.38. The van der Waals surface area contributed by atoms with E-state index in [0.717, 1.165) is 33.6 Å². The molecule has 0 aliphatic heterocycles. The number of nitrogens with zero attached hydrogens (tertiary/aromatic N) is 3. The fraction of sp³-hybridized carbons (Fsp3) is 0. The van der Waals surface area contributed by atoms with Crippen molar-refractivity contribution in [1.29, 1.82) is 0 Å². The number of benzene rings is 3. The van der Waals surface area contributed by atoms with E-state index in [2.05, 4.69) is 17.1 Å². The third-order valence-corrected chi connectivity index (χ3v) is 5.12. The highest BCUT2D eigenvalue weighted by molar-refractivity contribution is 5.71. The Bertz CT molecular complexity index is 1340. The molecule has 5 rings (SSSR count). The fourth-order valence-corrected chi connectivity index (χ4v) is 3.48. The molecule has 0 saturated carbocycles. The zero-order valence-corrected chi connectivity index (χ0v) is 17.9. The van der Waals surface area contributed by atoms with Gasteiger partial charge in [0.25, 0.3) is 0 Å². The maximum Gasteiger partial charge on any atom is 0.225 e. The Hall–Kier alpha value is -4.57. The van der Waals surface area contributed by atoms with Crippen molar-refractivity contribution in [2.24, 2.45) is 0 Å². The summed E-state index contributed by atoms with van der Waals surface area (Å²) in [5.41, 5.74) is 5.49. The van der Waals surface area contributed by atoms with Gasteiger partial charge in [-0.15, -0.1) is 0 Å². The van der Waals surface area contributed by atoms with Crippen molar-refractivity contribution in [2.75, 3.05) is 0 Å². The molecule has 0 spiro atoms. The maximum absolute atomic E-state index is 5.76. The zero-order chi connectivity index (χ0) is 22.3. The van der Waals surface area contributed by atoms with E-state index < -0.39 is 0 Å². The quantitative estimate of drug-likeness (QED) is 0.303. The Morgan fingerprint density at radius 1 is 0.485 bits per heavy atom. The van der Waals surface area contributed by atoms with Crippen LogP contribution in [0.3, 0.4) is 0 Å². The summed E-state index contributed by atoms with van der Waals surface area (Å²) in [6, 6.07) is 37.7. The molecule has 5 aromatic rings. The Morgan fingerprint density at radius 2 is 1.00 bits per heavy atom. The summed E-state index contributed by atoms with van der Waals surface area (Å²) in [5, 5.41) is 0. The van der Waals surface area contributed by atoms with Crippen LogP contribution in [-0.4, -0.2) is 15.0 Å². The summed E-state index contributed by atoms with van der Waals surface area (Å²) in [7, 11) is 0. The maximum atomic E-state index is 5.76. The molecule has 3 aromatic carbocycles. The molecule has 0 atom stereocenters. The van der Waals surface area contributed by atoms with E-state index in [4.69, 9.17) is 14.4 Å². The van der Waals surface area contributed by atoms with E-state index in [0.29, 0.717) is 11.7 Å². The van der Waals surface area contributed by atoms with Crippen LogP contribution in [0.5, 0.6) is 0 Å². The lowest BCUT2D eigenvalue weighted by atomic mass is 10.1. The molecule has 158 valence electrons. The van der Waals surface area contributed by atoms with Gasteiger partial charge in [0.1, 0.15) is 0 Å². The number of rotatable bonds is 4. The fourth-order valence-electron chi connectivity index (χ4n) is 3.48. The van der Waals surface area contributed by atoms with Crippen molar-refractivity contribution < 1.29 is 4.42 Å². The first-order chi connectivity index (χ1) is 16.4. The van der Waals surface area contributed by atoms with Crippen molar-refractivity contribution in [3.05, 3.63) is 128 Å². The lowest BCUT2D eigenvalue weighted by molar-refractivity contribution is 0.553. The van der Waals surface area contributed by atoms with Gasteiger partial charge in [-0.1, -0.05) is 78.9 Å². The van der Waals surface area contributed by atoms with Crippen LogP contribution in [0.2, 0.25) is 0 Å². The van der Waals surface area contributed by atoms with Crippen molar-refractivity contribution in [2.45, 2.75) is 0 Å². The van der Waals surface area contributed by atoms with Gasteiger partial charge in [0.2, 0.25) is 5.89 Å². The molecule has 33 heavy (non-hydrogen) atoms. The monoisotopic (exact) mass is 427 g/mol. The third kappa shape index (κ3) is 4.86. The van der Waals surface area contributed by atoms with Gasteiger partial charge in [0.05, 0.1) is 17.7 Å². The lowest BCUT2D eigenvalue weighted by Gasteiger charge is -2.08. The van der Waals surface area contributed by atoms with E-state index >= 15 is 0 Å². The molecule has 0 aliphatic carbocycles. The highest BCUT2D eigenvalue weighted by Crippen LogP contribution is 2.27. The SMILES string of the molecule is c1ccc(-c2cc(-c3cccoc(-c4ccccc4)ncc3)nc(-c3ccccc3)n2)cc1. The molecule has 0 amide bonds. The molecule has 4 nitrogen and oxygen atoms in total. The van der Waals surface area contributed by atoms with Gasteiger partial charge in [-0.05, 0) is 36.4 Å². The standard InChI is InChI=1S/C29H21N3O/c1-4-11-22(12-5-1)26-21-27(32-28(31-26)24-13-6-2-7-14-24)23-17-10-20-33-29(30-19-18-23)25-15-8-3-9-16-25/h1-21H. The van der Waals surface area contributed by atoms with Crippen LogP contribution >= 0.6 is 0 Å². The van der Waals surface area contributed by atoms with Gasteiger partial charge in [0, 0.05) is 28.5 Å². The number of hydrogen-bond donors (Lipinski definition) is 0. The number of aromatic nitrogens is 3. The molecule has 0 N–H and O–H groups in total. The molecular formula is C29H21N3O. The van der Waals surface area contributed by atoms with Crippen molar-refractivity contribution in [3.8, 4) is 45.4 Å². The summed E-state index contributed by atoms with van der Waals surface area (Å²) < 4.78 is 5.76. The van der Waals surface area contributed by atoms with Gasteiger partial charge in [-0.25, -0.2) is 15.0 Å². The first-order valence-corrected chi connectivity index (χ1v) is 10.7.